The van der Waals surface area contributed by atoms with Crippen molar-refractivity contribution in [2.45, 2.75) is 25.2 Å². The number of carbonyl (C=O) groups is 1. The van der Waals surface area contributed by atoms with Crippen molar-refractivity contribution < 1.29 is 13.2 Å². The lowest BCUT2D eigenvalue weighted by molar-refractivity contribution is 0.0827. The highest BCUT2D eigenvalue weighted by molar-refractivity contribution is 7.89. The molecular formula is C16H24N2O3S. The molecule has 1 aromatic rings. The number of carbonyl (C=O) groups excluding carboxylic acids is 1. The second-order valence-corrected chi connectivity index (χ2v) is 8.43. The van der Waals surface area contributed by atoms with Gasteiger partial charge in [0.25, 0.3) is 5.91 Å². The largest absolute Gasteiger partial charge is 0.345 e. The zero-order chi connectivity index (χ0) is 16.5. The van der Waals surface area contributed by atoms with E-state index in [9.17, 15) is 13.2 Å². The van der Waals surface area contributed by atoms with Gasteiger partial charge in [-0.2, -0.15) is 4.31 Å². The molecule has 1 heterocycles. The summed E-state index contributed by atoms with van der Waals surface area (Å²) < 4.78 is 27.2. The molecule has 2 atom stereocenters. The normalized spacial score (nSPS) is 23.3. The Balaban J connectivity index is 2.33. The SMILES string of the molecule is CC1CC(C)CN(S(=O)(=O)c2cccc(C(=O)N(C)C)c2)C1. The molecule has 2 unspecified atom stereocenters. The first-order valence-electron chi connectivity index (χ1n) is 7.53. The Kier molecular flexibility index (Phi) is 4.92. The average molecular weight is 324 g/mol. The van der Waals surface area contributed by atoms with Crippen LogP contribution in [0.4, 0.5) is 0 Å². The van der Waals surface area contributed by atoms with E-state index in [0.29, 0.717) is 30.5 Å². The van der Waals surface area contributed by atoms with E-state index >= 15 is 0 Å². The minimum Gasteiger partial charge on any atom is -0.345 e. The van der Waals surface area contributed by atoms with Gasteiger partial charge >= 0.3 is 0 Å². The maximum absolute atomic E-state index is 12.8. The second kappa shape index (κ2) is 6.38. The van der Waals surface area contributed by atoms with Gasteiger partial charge in [0.15, 0.2) is 0 Å². The van der Waals surface area contributed by atoms with Crippen molar-refractivity contribution in [2.24, 2.45) is 11.8 Å². The van der Waals surface area contributed by atoms with Crippen molar-refractivity contribution in [1.82, 2.24) is 9.21 Å². The fraction of sp³-hybridized carbons (Fsp3) is 0.562. The third-order valence-electron chi connectivity index (χ3n) is 3.96. The van der Waals surface area contributed by atoms with Gasteiger partial charge in [0, 0.05) is 32.7 Å². The number of rotatable bonds is 3. The van der Waals surface area contributed by atoms with Crippen molar-refractivity contribution in [3.8, 4) is 0 Å². The van der Waals surface area contributed by atoms with Crippen LogP contribution in [-0.2, 0) is 10.0 Å². The number of piperidine rings is 1. The van der Waals surface area contributed by atoms with Crippen LogP contribution in [0.3, 0.4) is 0 Å². The van der Waals surface area contributed by atoms with Crippen LogP contribution in [0.15, 0.2) is 29.2 Å². The molecule has 1 fully saturated rings. The molecule has 0 aliphatic carbocycles. The van der Waals surface area contributed by atoms with Crippen LogP contribution < -0.4 is 0 Å². The maximum atomic E-state index is 12.8. The third kappa shape index (κ3) is 3.50. The van der Waals surface area contributed by atoms with Crippen molar-refractivity contribution in [3.05, 3.63) is 29.8 Å². The van der Waals surface area contributed by atoms with E-state index in [1.807, 2.05) is 0 Å². The molecule has 6 heteroatoms. The summed E-state index contributed by atoms with van der Waals surface area (Å²) in [6, 6.07) is 6.30. The van der Waals surface area contributed by atoms with Crippen LogP contribution in [0.25, 0.3) is 0 Å². The van der Waals surface area contributed by atoms with Crippen LogP contribution in [0, 0.1) is 11.8 Å². The number of hydrogen-bond acceptors (Lipinski definition) is 3. The van der Waals surface area contributed by atoms with Gasteiger partial charge < -0.3 is 4.90 Å². The Bertz CT molecular complexity index is 645. The van der Waals surface area contributed by atoms with Gasteiger partial charge in [-0.05, 0) is 36.5 Å². The summed E-state index contributed by atoms with van der Waals surface area (Å²) in [5.41, 5.74) is 0.393. The topological polar surface area (TPSA) is 57.7 Å². The number of benzene rings is 1. The fourth-order valence-electron chi connectivity index (χ4n) is 3.00. The van der Waals surface area contributed by atoms with Gasteiger partial charge in [0.05, 0.1) is 4.90 Å². The summed E-state index contributed by atoms with van der Waals surface area (Å²) >= 11 is 0. The van der Waals surface area contributed by atoms with Crippen LogP contribution in [-0.4, -0.2) is 50.7 Å². The van der Waals surface area contributed by atoms with Gasteiger partial charge in [-0.3, -0.25) is 4.79 Å². The van der Waals surface area contributed by atoms with Crippen molar-refractivity contribution in [2.75, 3.05) is 27.2 Å². The summed E-state index contributed by atoms with van der Waals surface area (Å²) in [5.74, 6) is 0.507. The molecule has 0 aromatic heterocycles. The first-order chi connectivity index (χ1) is 10.2. The molecule has 5 nitrogen and oxygen atoms in total. The molecule has 0 radical (unpaired) electrons. The van der Waals surface area contributed by atoms with Crippen LogP contribution in [0.5, 0.6) is 0 Å². The van der Waals surface area contributed by atoms with E-state index in [1.54, 1.807) is 36.6 Å². The summed E-state index contributed by atoms with van der Waals surface area (Å²) in [5, 5.41) is 0. The van der Waals surface area contributed by atoms with Crippen molar-refractivity contribution in [1.29, 1.82) is 0 Å². The summed E-state index contributed by atoms with van der Waals surface area (Å²) in [6.45, 7) is 5.23. The van der Waals surface area contributed by atoms with E-state index < -0.39 is 10.0 Å². The van der Waals surface area contributed by atoms with Crippen molar-refractivity contribution >= 4 is 15.9 Å². The molecule has 1 aliphatic heterocycles. The molecule has 1 aliphatic rings. The zero-order valence-electron chi connectivity index (χ0n) is 13.6. The van der Waals surface area contributed by atoms with Crippen molar-refractivity contribution in [3.63, 3.8) is 0 Å². The Morgan fingerprint density at radius 3 is 2.32 bits per heavy atom. The Hall–Kier alpha value is -1.40. The minimum atomic E-state index is -3.55. The molecule has 122 valence electrons. The van der Waals surface area contributed by atoms with Gasteiger partial charge in [-0.1, -0.05) is 19.9 Å². The molecule has 0 N–H and O–H groups in total. The van der Waals surface area contributed by atoms with Crippen LogP contribution in [0.2, 0.25) is 0 Å². The second-order valence-electron chi connectivity index (χ2n) is 6.50. The quantitative estimate of drug-likeness (QED) is 0.855. The maximum Gasteiger partial charge on any atom is 0.253 e. The highest BCUT2D eigenvalue weighted by Gasteiger charge is 2.31. The molecule has 22 heavy (non-hydrogen) atoms. The van der Waals surface area contributed by atoms with E-state index in [0.717, 1.165) is 6.42 Å². The molecular weight excluding hydrogens is 300 g/mol. The highest BCUT2D eigenvalue weighted by Crippen LogP contribution is 2.27. The zero-order valence-corrected chi connectivity index (χ0v) is 14.4. The number of sulfonamides is 1. The molecule has 0 saturated carbocycles. The standard InChI is InChI=1S/C16H24N2O3S/c1-12-8-13(2)11-18(10-12)22(20,21)15-7-5-6-14(9-15)16(19)17(3)4/h5-7,9,12-13H,8,10-11H2,1-4H3. The molecule has 1 amide bonds. The lowest BCUT2D eigenvalue weighted by Crippen LogP contribution is -2.42. The molecule has 0 spiro atoms. The summed E-state index contributed by atoms with van der Waals surface area (Å²) in [7, 11) is -0.246. The van der Waals surface area contributed by atoms with Gasteiger partial charge in [-0.25, -0.2) is 8.42 Å². The summed E-state index contributed by atoms with van der Waals surface area (Å²) in [6.07, 6.45) is 1.05. The molecule has 1 aromatic carbocycles. The third-order valence-corrected chi connectivity index (χ3v) is 5.79. The van der Waals surface area contributed by atoms with E-state index in [1.165, 1.54) is 11.0 Å². The molecule has 1 saturated heterocycles. The first-order valence-corrected chi connectivity index (χ1v) is 8.97. The Labute approximate surface area is 133 Å². The smallest absolute Gasteiger partial charge is 0.253 e. The minimum absolute atomic E-state index is 0.196. The first kappa shape index (κ1) is 17.0. The number of amides is 1. The predicted molar refractivity (Wildman–Crippen MR) is 86.2 cm³/mol. The number of hydrogen-bond donors (Lipinski definition) is 0. The van der Waals surface area contributed by atoms with Gasteiger partial charge in [0.2, 0.25) is 10.0 Å². The summed E-state index contributed by atoms with van der Waals surface area (Å²) in [4.78, 5) is 13.7. The lowest BCUT2D eigenvalue weighted by Gasteiger charge is -2.34. The molecule has 0 bridgehead atoms. The van der Waals surface area contributed by atoms with Gasteiger partial charge in [-0.15, -0.1) is 0 Å². The van der Waals surface area contributed by atoms with Crippen LogP contribution >= 0.6 is 0 Å². The van der Waals surface area contributed by atoms with Crippen LogP contribution in [0.1, 0.15) is 30.6 Å². The van der Waals surface area contributed by atoms with Gasteiger partial charge in [0.1, 0.15) is 0 Å². The average Bonchev–Trinajstić information content (AvgIpc) is 2.45. The Morgan fingerprint density at radius 2 is 1.77 bits per heavy atom. The lowest BCUT2D eigenvalue weighted by atomic mass is 9.94. The predicted octanol–water partition coefficient (Wildman–Crippen LogP) is 2.06. The Morgan fingerprint density at radius 1 is 1.18 bits per heavy atom. The van der Waals surface area contributed by atoms with E-state index in [4.69, 9.17) is 0 Å². The molecule has 2 rings (SSSR count). The highest BCUT2D eigenvalue weighted by atomic mass is 32.2. The monoisotopic (exact) mass is 324 g/mol. The van der Waals surface area contributed by atoms with E-state index in [-0.39, 0.29) is 10.8 Å². The number of nitrogens with zero attached hydrogens (tertiary/aromatic N) is 2. The fourth-order valence-corrected chi connectivity index (χ4v) is 4.72. The van der Waals surface area contributed by atoms with E-state index in [2.05, 4.69) is 13.8 Å².